The van der Waals surface area contributed by atoms with Gasteiger partial charge < -0.3 is 10.1 Å². The molecular formula is C18H20N2O3S. The fourth-order valence-corrected chi connectivity index (χ4v) is 3.64. The Morgan fingerprint density at radius 3 is 2.79 bits per heavy atom. The molecule has 1 heterocycles. The fraction of sp³-hybridized carbons (Fsp3) is 0.389. The smallest absolute Gasteiger partial charge is 0.311 e. The topological polar surface area (TPSA) is 68.3 Å². The van der Waals surface area contributed by atoms with Crippen molar-refractivity contribution in [2.75, 3.05) is 12.4 Å². The second-order valence-corrected chi connectivity index (χ2v) is 6.79. The molecule has 3 rings (SSSR count). The van der Waals surface area contributed by atoms with Gasteiger partial charge >= 0.3 is 5.97 Å². The van der Waals surface area contributed by atoms with Crippen molar-refractivity contribution in [3.8, 4) is 0 Å². The summed E-state index contributed by atoms with van der Waals surface area (Å²) in [6, 6.07) is 6.34. The summed E-state index contributed by atoms with van der Waals surface area (Å²) in [5, 5.41) is 5.06. The highest BCUT2D eigenvalue weighted by atomic mass is 32.1. The average Bonchev–Trinajstić information content (AvgIpc) is 3.01. The molecule has 0 unspecified atom stereocenters. The van der Waals surface area contributed by atoms with Crippen LogP contribution in [0.4, 0.5) is 5.13 Å². The number of aromatic nitrogens is 1. The summed E-state index contributed by atoms with van der Waals surface area (Å²) < 4.78 is 4.61. The van der Waals surface area contributed by atoms with Crippen molar-refractivity contribution in [1.82, 2.24) is 4.98 Å². The number of esters is 1. The van der Waals surface area contributed by atoms with Crippen LogP contribution in [0.1, 0.15) is 35.2 Å². The summed E-state index contributed by atoms with van der Waals surface area (Å²) in [7, 11) is 1.34. The van der Waals surface area contributed by atoms with Crippen LogP contribution >= 0.6 is 11.3 Å². The van der Waals surface area contributed by atoms with Gasteiger partial charge in [0.15, 0.2) is 5.13 Å². The molecule has 0 spiro atoms. The summed E-state index contributed by atoms with van der Waals surface area (Å²) >= 11 is 1.31. The van der Waals surface area contributed by atoms with E-state index in [1.165, 1.54) is 42.4 Å². The van der Waals surface area contributed by atoms with Crippen molar-refractivity contribution in [3.63, 3.8) is 0 Å². The van der Waals surface area contributed by atoms with Gasteiger partial charge in [-0.3, -0.25) is 9.59 Å². The number of rotatable bonds is 5. The van der Waals surface area contributed by atoms with Crippen LogP contribution in [-0.4, -0.2) is 24.0 Å². The Labute approximate surface area is 145 Å². The van der Waals surface area contributed by atoms with E-state index in [2.05, 4.69) is 27.2 Å². The molecule has 5 nitrogen and oxygen atoms in total. The minimum atomic E-state index is -0.341. The molecule has 0 radical (unpaired) electrons. The molecule has 1 aromatic heterocycles. The fourth-order valence-electron chi connectivity index (χ4n) is 2.91. The van der Waals surface area contributed by atoms with Gasteiger partial charge in [0.05, 0.1) is 25.6 Å². The Bertz CT molecular complexity index is 754. The number of benzene rings is 1. The minimum Gasteiger partial charge on any atom is -0.469 e. The lowest BCUT2D eigenvalue weighted by molar-refractivity contribution is -0.139. The predicted molar refractivity (Wildman–Crippen MR) is 93.3 cm³/mol. The van der Waals surface area contributed by atoms with Crippen LogP contribution in [0, 0.1) is 0 Å². The Kier molecular flexibility index (Phi) is 5.25. The number of hydrogen-bond acceptors (Lipinski definition) is 5. The molecule has 1 N–H and O–H groups in total. The molecule has 1 aliphatic carbocycles. The Morgan fingerprint density at radius 1 is 1.21 bits per heavy atom. The molecule has 0 aliphatic heterocycles. The number of hydrogen-bond donors (Lipinski definition) is 1. The predicted octanol–water partition coefficient (Wildman–Crippen LogP) is 2.92. The molecule has 126 valence electrons. The first-order chi connectivity index (χ1) is 11.6. The summed E-state index contributed by atoms with van der Waals surface area (Å²) in [4.78, 5) is 27.7. The maximum absolute atomic E-state index is 12.2. The SMILES string of the molecule is COC(=O)Cc1csc(NC(=O)Cc2ccc3c(c2)CCCC3)n1. The lowest BCUT2D eigenvalue weighted by atomic mass is 9.90. The first-order valence-corrected chi connectivity index (χ1v) is 8.94. The van der Waals surface area contributed by atoms with Crippen LogP contribution < -0.4 is 5.32 Å². The molecule has 2 aromatic rings. The van der Waals surface area contributed by atoms with E-state index in [9.17, 15) is 9.59 Å². The minimum absolute atomic E-state index is 0.0928. The number of amides is 1. The number of fused-ring (bicyclic) bond motifs is 1. The normalized spacial score (nSPS) is 13.2. The molecular weight excluding hydrogens is 324 g/mol. The van der Waals surface area contributed by atoms with Gasteiger partial charge in [0.1, 0.15) is 0 Å². The van der Waals surface area contributed by atoms with Crippen LogP contribution in [-0.2, 0) is 40.0 Å². The molecule has 6 heteroatoms. The molecule has 0 bridgehead atoms. The zero-order chi connectivity index (χ0) is 16.9. The van der Waals surface area contributed by atoms with E-state index in [1.54, 1.807) is 5.38 Å². The Hall–Kier alpha value is -2.21. The molecule has 0 saturated heterocycles. The van der Waals surface area contributed by atoms with Crippen LogP contribution in [0.15, 0.2) is 23.6 Å². The van der Waals surface area contributed by atoms with E-state index in [-0.39, 0.29) is 18.3 Å². The number of anilines is 1. The van der Waals surface area contributed by atoms with E-state index in [1.807, 2.05) is 6.07 Å². The van der Waals surface area contributed by atoms with Crippen molar-refractivity contribution in [1.29, 1.82) is 0 Å². The van der Waals surface area contributed by atoms with Crippen molar-refractivity contribution >= 4 is 28.3 Å². The largest absolute Gasteiger partial charge is 0.469 e. The van der Waals surface area contributed by atoms with Crippen molar-refractivity contribution in [2.24, 2.45) is 0 Å². The summed E-state index contributed by atoms with van der Waals surface area (Å²) in [5.41, 5.74) is 4.43. The Morgan fingerprint density at radius 2 is 2.00 bits per heavy atom. The average molecular weight is 344 g/mol. The highest BCUT2D eigenvalue weighted by molar-refractivity contribution is 7.13. The number of methoxy groups -OCH3 is 1. The monoisotopic (exact) mass is 344 g/mol. The van der Waals surface area contributed by atoms with Gasteiger partial charge in [-0.2, -0.15) is 0 Å². The Balaban J connectivity index is 1.58. The standard InChI is InChI=1S/C18H20N2O3S/c1-23-17(22)10-15-11-24-18(19-15)20-16(21)9-12-6-7-13-4-2-3-5-14(13)8-12/h6-8,11H,2-5,9-10H2,1H3,(H,19,20,21). The van der Waals surface area contributed by atoms with Crippen LogP contribution in [0.5, 0.6) is 0 Å². The molecule has 1 aliphatic rings. The summed E-state index contributed by atoms with van der Waals surface area (Å²) in [6.45, 7) is 0. The number of thiazole rings is 1. The van der Waals surface area contributed by atoms with Crippen LogP contribution in [0.3, 0.4) is 0 Å². The van der Waals surface area contributed by atoms with Gasteiger partial charge in [-0.05, 0) is 42.4 Å². The molecule has 0 saturated carbocycles. The van der Waals surface area contributed by atoms with E-state index in [4.69, 9.17) is 0 Å². The molecule has 0 atom stereocenters. The lowest BCUT2D eigenvalue weighted by Gasteiger charge is -2.16. The van der Waals surface area contributed by atoms with Gasteiger partial charge in [0, 0.05) is 5.38 Å². The lowest BCUT2D eigenvalue weighted by Crippen LogP contribution is -2.15. The van der Waals surface area contributed by atoms with Crippen LogP contribution in [0.25, 0.3) is 0 Å². The number of ether oxygens (including phenoxy) is 1. The van der Waals surface area contributed by atoms with E-state index in [0.717, 1.165) is 18.4 Å². The first-order valence-electron chi connectivity index (χ1n) is 8.06. The van der Waals surface area contributed by atoms with E-state index < -0.39 is 0 Å². The van der Waals surface area contributed by atoms with Crippen molar-refractivity contribution in [3.05, 3.63) is 46.0 Å². The zero-order valence-electron chi connectivity index (χ0n) is 13.6. The number of carbonyl (C=O) groups is 2. The number of carbonyl (C=O) groups excluding carboxylic acids is 2. The molecule has 1 amide bonds. The quantitative estimate of drug-likeness (QED) is 0.847. The third kappa shape index (κ3) is 4.20. The van der Waals surface area contributed by atoms with Crippen molar-refractivity contribution < 1.29 is 14.3 Å². The third-order valence-corrected chi connectivity index (χ3v) is 4.94. The number of nitrogens with zero attached hydrogens (tertiary/aromatic N) is 1. The van der Waals surface area contributed by atoms with E-state index in [0.29, 0.717) is 17.2 Å². The maximum Gasteiger partial charge on any atom is 0.311 e. The van der Waals surface area contributed by atoms with Gasteiger partial charge in [-0.25, -0.2) is 4.98 Å². The van der Waals surface area contributed by atoms with E-state index >= 15 is 0 Å². The highest BCUT2D eigenvalue weighted by Gasteiger charge is 2.13. The third-order valence-electron chi connectivity index (χ3n) is 4.13. The summed E-state index contributed by atoms with van der Waals surface area (Å²) in [6.07, 6.45) is 5.18. The second kappa shape index (κ2) is 7.57. The maximum atomic E-state index is 12.2. The highest BCUT2D eigenvalue weighted by Crippen LogP contribution is 2.23. The van der Waals surface area contributed by atoms with Gasteiger partial charge in [0.25, 0.3) is 0 Å². The second-order valence-electron chi connectivity index (χ2n) is 5.93. The zero-order valence-corrected chi connectivity index (χ0v) is 14.4. The van der Waals surface area contributed by atoms with Gasteiger partial charge in [-0.1, -0.05) is 18.2 Å². The van der Waals surface area contributed by atoms with Gasteiger partial charge in [0.2, 0.25) is 5.91 Å². The van der Waals surface area contributed by atoms with Crippen LogP contribution in [0.2, 0.25) is 0 Å². The molecule has 24 heavy (non-hydrogen) atoms. The number of aryl methyl sites for hydroxylation is 2. The summed E-state index contributed by atoms with van der Waals surface area (Å²) in [5.74, 6) is -0.433. The van der Waals surface area contributed by atoms with Crippen molar-refractivity contribution in [2.45, 2.75) is 38.5 Å². The number of nitrogens with one attached hydrogen (secondary N) is 1. The molecule has 1 aromatic carbocycles. The first kappa shape index (κ1) is 16.6. The molecule has 0 fully saturated rings. The van der Waals surface area contributed by atoms with Gasteiger partial charge in [-0.15, -0.1) is 11.3 Å².